The maximum absolute atomic E-state index is 12.7. The summed E-state index contributed by atoms with van der Waals surface area (Å²) in [5, 5.41) is 8.66. The summed E-state index contributed by atoms with van der Waals surface area (Å²) in [6.45, 7) is 8.06. The van der Waals surface area contributed by atoms with Crippen molar-refractivity contribution < 1.29 is 18.0 Å². The number of fused-ring (bicyclic) bond motifs is 1. The SMILES string of the molecule is CCn1c(SCC(=O)c2ccc(NC(=O)C(C)(C)C)cc2)nc2cc(S(N)(=O)=O)ccc21. The molecule has 0 unspecified atom stereocenters. The zero-order chi connectivity index (χ0) is 23.7. The molecule has 170 valence electrons. The summed E-state index contributed by atoms with van der Waals surface area (Å²) in [6.07, 6.45) is 0. The van der Waals surface area contributed by atoms with Gasteiger partial charge in [-0.05, 0) is 49.4 Å². The van der Waals surface area contributed by atoms with Crippen molar-refractivity contribution in [3.63, 3.8) is 0 Å². The molecule has 3 rings (SSSR count). The highest BCUT2D eigenvalue weighted by Gasteiger charge is 2.21. The first-order chi connectivity index (χ1) is 14.9. The number of aromatic nitrogens is 2. The number of Topliss-reactive ketones (excluding diaryl/α,β-unsaturated/α-hetero) is 1. The summed E-state index contributed by atoms with van der Waals surface area (Å²) < 4.78 is 25.1. The number of anilines is 1. The van der Waals surface area contributed by atoms with Gasteiger partial charge < -0.3 is 9.88 Å². The van der Waals surface area contributed by atoms with Gasteiger partial charge in [0.15, 0.2) is 10.9 Å². The molecule has 0 saturated heterocycles. The van der Waals surface area contributed by atoms with Gasteiger partial charge in [-0.1, -0.05) is 32.5 Å². The molecule has 0 radical (unpaired) electrons. The van der Waals surface area contributed by atoms with Gasteiger partial charge in [0.25, 0.3) is 0 Å². The molecule has 0 spiro atoms. The molecule has 1 heterocycles. The Kier molecular flexibility index (Phi) is 6.77. The second-order valence-corrected chi connectivity index (χ2v) is 10.8. The number of carbonyl (C=O) groups is 2. The van der Waals surface area contributed by atoms with Crippen molar-refractivity contribution in [1.82, 2.24) is 9.55 Å². The van der Waals surface area contributed by atoms with E-state index in [1.165, 1.54) is 23.9 Å². The molecule has 0 aliphatic carbocycles. The quantitative estimate of drug-likeness (QED) is 0.398. The van der Waals surface area contributed by atoms with Crippen molar-refractivity contribution >= 4 is 50.2 Å². The molecule has 2 aromatic carbocycles. The van der Waals surface area contributed by atoms with Crippen LogP contribution in [0.4, 0.5) is 5.69 Å². The second kappa shape index (κ2) is 9.05. The van der Waals surface area contributed by atoms with Crippen LogP contribution in [0.25, 0.3) is 11.0 Å². The molecule has 8 nitrogen and oxygen atoms in total. The number of hydrogen-bond donors (Lipinski definition) is 2. The van der Waals surface area contributed by atoms with Crippen molar-refractivity contribution in [2.45, 2.75) is 44.3 Å². The Bertz CT molecular complexity index is 1270. The van der Waals surface area contributed by atoms with Crippen molar-refractivity contribution in [3.8, 4) is 0 Å². The van der Waals surface area contributed by atoms with Gasteiger partial charge in [-0.2, -0.15) is 0 Å². The fraction of sp³-hybridized carbons (Fsp3) is 0.318. The summed E-state index contributed by atoms with van der Waals surface area (Å²) in [7, 11) is -3.82. The Hall–Kier alpha value is -2.69. The molecule has 10 heteroatoms. The van der Waals surface area contributed by atoms with E-state index >= 15 is 0 Å². The predicted octanol–water partition coefficient (Wildman–Crippen LogP) is 3.66. The minimum absolute atomic E-state index is 0.00276. The summed E-state index contributed by atoms with van der Waals surface area (Å²) in [6, 6.07) is 11.3. The Balaban J connectivity index is 1.73. The summed E-state index contributed by atoms with van der Waals surface area (Å²) in [4.78, 5) is 29.3. The topological polar surface area (TPSA) is 124 Å². The Labute approximate surface area is 191 Å². The van der Waals surface area contributed by atoms with Crippen LogP contribution in [0.1, 0.15) is 38.1 Å². The van der Waals surface area contributed by atoms with Crippen molar-refractivity contribution in [3.05, 3.63) is 48.0 Å². The number of imidazole rings is 1. The van der Waals surface area contributed by atoms with Crippen LogP contribution in [0.5, 0.6) is 0 Å². The zero-order valence-electron chi connectivity index (χ0n) is 18.4. The highest BCUT2D eigenvalue weighted by atomic mass is 32.2. The first-order valence-corrected chi connectivity index (χ1v) is 12.5. The minimum Gasteiger partial charge on any atom is -0.326 e. The number of hydrogen-bond acceptors (Lipinski definition) is 6. The van der Waals surface area contributed by atoms with Gasteiger partial charge in [-0.15, -0.1) is 0 Å². The molecule has 0 fully saturated rings. The van der Waals surface area contributed by atoms with E-state index in [2.05, 4.69) is 10.3 Å². The number of nitrogens with one attached hydrogen (secondary N) is 1. The van der Waals surface area contributed by atoms with E-state index in [0.717, 1.165) is 5.52 Å². The lowest BCUT2D eigenvalue weighted by molar-refractivity contribution is -0.123. The van der Waals surface area contributed by atoms with Gasteiger partial charge in [0, 0.05) is 23.2 Å². The number of nitrogens with two attached hydrogens (primary N) is 1. The summed E-state index contributed by atoms with van der Waals surface area (Å²) >= 11 is 1.28. The molecular formula is C22H26N4O4S2. The molecule has 0 aliphatic heterocycles. The summed E-state index contributed by atoms with van der Waals surface area (Å²) in [5.41, 5.74) is 1.93. The molecule has 3 aromatic rings. The van der Waals surface area contributed by atoms with Crippen LogP contribution in [-0.2, 0) is 21.4 Å². The number of carbonyl (C=O) groups excluding carboxylic acids is 2. The predicted molar refractivity (Wildman–Crippen MR) is 126 cm³/mol. The maximum Gasteiger partial charge on any atom is 0.238 e. The third-order valence-electron chi connectivity index (χ3n) is 4.81. The van der Waals surface area contributed by atoms with Crippen LogP contribution in [0.3, 0.4) is 0 Å². The summed E-state index contributed by atoms with van der Waals surface area (Å²) in [5.74, 6) is -0.0150. The van der Waals surface area contributed by atoms with Gasteiger partial charge in [-0.3, -0.25) is 9.59 Å². The molecule has 0 aliphatic rings. The smallest absolute Gasteiger partial charge is 0.238 e. The number of primary sulfonamides is 1. The van der Waals surface area contributed by atoms with Crippen LogP contribution in [0, 0.1) is 5.41 Å². The number of aryl methyl sites for hydroxylation is 1. The highest BCUT2D eigenvalue weighted by molar-refractivity contribution is 7.99. The normalized spacial score (nSPS) is 12.2. The third kappa shape index (κ3) is 5.37. The van der Waals surface area contributed by atoms with E-state index < -0.39 is 15.4 Å². The van der Waals surface area contributed by atoms with Crippen LogP contribution in [-0.4, -0.2) is 35.4 Å². The number of benzene rings is 2. The van der Waals surface area contributed by atoms with E-state index in [1.807, 2.05) is 32.3 Å². The maximum atomic E-state index is 12.7. The van der Waals surface area contributed by atoms with Crippen molar-refractivity contribution in [2.24, 2.45) is 10.6 Å². The average molecular weight is 475 g/mol. The van der Waals surface area contributed by atoms with Gasteiger partial charge in [0.05, 0.1) is 21.7 Å². The van der Waals surface area contributed by atoms with Gasteiger partial charge in [0.1, 0.15) is 0 Å². The number of rotatable bonds is 7. The largest absolute Gasteiger partial charge is 0.326 e. The van der Waals surface area contributed by atoms with Gasteiger partial charge in [-0.25, -0.2) is 18.5 Å². The lowest BCUT2D eigenvalue weighted by Crippen LogP contribution is -2.27. The minimum atomic E-state index is -3.82. The Morgan fingerprint density at radius 1 is 1.12 bits per heavy atom. The fourth-order valence-corrected chi connectivity index (χ4v) is 4.46. The van der Waals surface area contributed by atoms with Gasteiger partial charge >= 0.3 is 0 Å². The van der Waals surface area contributed by atoms with Crippen LogP contribution >= 0.6 is 11.8 Å². The van der Waals surface area contributed by atoms with Crippen molar-refractivity contribution in [2.75, 3.05) is 11.1 Å². The van der Waals surface area contributed by atoms with E-state index in [-0.39, 0.29) is 22.3 Å². The number of nitrogens with zero attached hydrogens (tertiary/aromatic N) is 2. The Morgan fingerprint density at radius 3 is 2.34 bits per heavy atom. The zero-order valence-corrected chi connectivity index (χ0v) is 20.0. The lowest BCUT2D eigenvalue weighted by Gasteiger charge is -2.17. The molecule has 0 saturated carbocycles. The van der Waals surface area contributed by atoms with E-state index in [9.17, 15) is 18.0 Å². The van der Waals surface area contributed by atoms with Crippen molar-refractivity contribution in [1.29, 1.82) is 0 Å². The standard InChI is InChI=1S/C22H26N4O4S2/c1-5-26-18-11-10-16(32(23,29)30)12-17(18)25-21(26)31-13-19(27)14-6-8-15(9-7-14)24-20(28)22(2,3)4/h6-12H,5,13H2,1-4H3,(H,24,28)(H2,23,29,30). The molecular weight excluding hydrogens is 448 g/mol. The van der Waals surface area contributed by atoms with Gasteiger partial charge in [0.2, 0.25) is 15.9 Å². The first-order valence-electron chi connectivity index (χ1n) is 10.0. The first kappa shape index (κ1) is 24.0. The van der Waals surface area contributed by atoms with E-state index in [4.69, 9.17) is 5.14 Å². The average Bonchev–Trinajstić information content (AvgIpc) is 3.07. The third-order valence-corrected chi connectivity index (χ3v) is 6.70. The number of thioether (sulfide) groups is 1. The molecule has 32 heavy (non-hydrogen) atoms. The number of ketones is 1. The highest BCUT2D eigenvalue weighted by Crippen LogP contribution is 2.27. The van der Waals surface area contributed by atoms with Crippen LogP contribution in [0.15, 0.2) is 52.5 Å². The molecule has 3 N–H and O–H groups in total. The number of sulfonamides is 1. The Morgan fingerprint density at radius 2 is 1.78 bits per heavy atom. The van der Waals surface area contributed by atoms with E-state index in [0.29, 0.717) is 28.5 Å². The lowest BCUT2D eigenvalue weighted by atomic mass is 9.95. The second-order valence-electron chi connectivity index (χ2n) is 8.33. The number of amides is 1. The van der Waals surface area contributed by atoms with E-state index in [1.54, 1.807) is 30.3 Å². The van der Waals surface area contributed by atoms with Crippen LogP contribution in [0.2, 0.25) is 0 Å². The van der Waals surface area contributed by atoms with Crippen LogP contribution < -0.4 is 10.5 Å². The molecule has 1 amide bonds. The molecule has 1 aromatic heterocycles. The monoisotopic (exact) mass is 474 g/mol. The molecule has 0 bridgehead atoms. The molecule has 0 atom stereocenters. The fourth-order valence-electron chi connectivity index (χ4n) is 2.95.